The number of hydrogen-bond donors (Lipinski definition) is 1. The highest BCUT2D eigenvalue weighted by molar-refractivity contribution is 7.99. The molecule has 0 radical (unpaired) electrons. The second-order valence-electron chi connectivity index (χ2n) is 4.39. The highest BCUT2D eigenvalue weighted by Gasteiger charge is 2.12. The molecule has 20 heavy (non-hydrogen) atoms. The minimum absolute atomic E-state index is 0.346. The maximum absolute atomic E-state index is 5.36. The minimum atomic E-state index is 0.346. The van der Waals surface area contributed by atoms with Crippen molar-refractivity contribution in [1.29, 1.82) is 0 Å². The fraction of sp³-hybridized carbons (Fsp3) is 0.500. The van der Waals surface area contributed by atoms with Crippen molar-refractivity contribution >= 4 is 11.8 Å². The third-order valence-corrected chi connectivity index (χ3v) is 4.06. The van der Waals surface area contributed by atoms with Crippen LogP contribution in [-0.2, 0) is 0 Å². The summed E-state index contributed by atoms with van der Waals surface area (Å²) in [6.07, 6.45) is 2.98. The van der Waals surface area contributed by atoms with Crippen LogP contribution in [0.15, 0.2) is 30.9 Å². The van der Waals surface area contributed by atoms with Crippen LogP contribution in [0, 0.1) is 0 Å². The standard InChI is InChI=1S/C16H25NO2S/c1-5-10-20-11-9-17-14(6-2)13-7-8-15(18-3)16(12-13)19-4/h5,7-8,12,14,17H,1,6,9-11H2,2-4H3. The summed E-state index contributed by atoms with van der Waals surface area (Å²) < 4.78 is 10.6. The summed E-state index contributed by atoms with van der Waals surface area (Å²) in [7, 11) is 3.33. The van der Waals surface area contributed by atoms with Gasteiger partial charge < -0.3 is 14.8 Å². The Morgan fingerprint density at radius 3 is 2.65 bits per heavy atom. The van der Waals surface area contributed by atoms with Gasteiger partial charge in [-0.2, -0.15) is 11.8 Å². The molecule has 4 heteroatoms. The molecule has 1 aromatic carbocycles. The molecule has 0 fully saturated rings. The number of thioether (sulfide) groups is 1. The number of hydrogen-bond acceptors (Lipinski definition) is 4. The summed E-state index contributed by atoms with van der Waals surface area (Å²) in [4.78, 5) is 0. The Balaban J connectivity index is 2.62. The fourth-order valence-electron chi connectivity index (χ4n) is 2.04. The molecular weight excluding hydrogens is 270 g/mol. The van der Waals surface area contributed by atoms with Crippen LogP contribution >= 0.6 is 11.8 Å². The molecule has 0 saturated carbocycles. The Kier molecular flexibility index (Phi) is 8.23. The first-order valence-corrected chi connectivity index (χ1v) is 8.06. The monoisotopic (exact) mass is 295 g/mol. The van der Waals surface area contributed by atoms with E-state index in [2.05, 4.69) is 31.0 Å². The molecule has 1 unspecified atom stereocenters. The largest absolute Gasteiger partial charge is 0.493 e. The normalized spacial score (nSPS) is 11.9. The maximum Gasteiger partial charge on any atom is 0.161 e. The van der Waals surface area contributed by atoms with Crippen LogP contribution in [0.2, 0.25) is 0 Å². The van der Waals surface area contributed by atoms with Gasteiger partial charge in [-0.1, -0.05) is 19.1 Å². The Bertz CT molecular complexity index is 409. The number of methoxy groups -OCH3 is 2. The smallest absolute Gasteiger partial charge is 0.161 e. The molecule has 0 saturated heterocycles. The van der Waals surface area contributed by atoms with E-state index in [1.54, 1.807) is 14.2 Å². The van der Waals surface area contributed by atoms with Crippen molar-refractivity contribution in [3.8, 4) is 11.5 Å². The lowest BCUT2D eigenvalue weighted by Crippen LogP contribution is -2.23. The van der Waals surface area contributed by atoms with Gasteiger partial charge in [-0.05, 0) is 24.1 Å². The first-order chi connectivity index (χ1) is 9.76. The Labute approximate surface area is 126 Å². The van der Waals surface area contributed by atoms with E-state index in [-0.39, 0.29) is 0 Å². The number of benzene rings is 1. The van der Waals surface area contributed by atoms with Gasteiger partial charge in [-0.3, -0.25) is 0 Å². The summed E-state index contributed by atoms with van der Waals surface area (Å²) in [5, 5.41) is 3.58. The summed E-state index contributed by atoms with van der Waals surface area (Å²) >= 11 is 1.89. The molecule has 0 bridgehead atoms. The van der Waals surface area contributed by atoms with Crippen molar-refractivity contribution in [1.82, 2.24) is 5.32 Å². The molecule has 1 N–H and O–H groups in total. The van der Waals surface area contributed by atoms with Crippen molar-refractivity contribution in [2.24, 2.45) is 0 Å². The quantitative estimate of drug-likeness (QED) is 0.527. The molecule has 3 nitrogen and oxygen atoms in total. The third kappa shape index (κ3) is 5.10. The number of nitrogens with one attached hydrogen (secondary N) is 1. The van der Waals surface area contributed by atoms with E-state index >= 15 is 0 Å². The van der Waals surface area contributed by atoms with Crippen LogP contribution in [0.3, 0.4) is 0 Å². The zero-order valence-corrected chi connectivity index (χ0v) is 13.5. The van der Waals surface area contributed by atoms with Gasteiger partial charge in [0.2, 0.25) is 0 Å². The van der Waals surface area contributed by atoms with Gasteiger partial charge in [0.05, 0.1) is 14.2 Å². The average Bonchev–Trinajstić information content (AvgIpc) is 2.50. The SMILES string of the molecule is C=CCSCCNC(CC)c1ccc(OC)c(OC)c1. The van der Waals surface area contributed by atoms with Gasteiger partial charge in [0.25, 0.3) is 0 Å². The van der Waals surface area contributed by atoms with Crippen LogP contribution in [-0.4, -0.2) is 32.3 Å². The van der Waals surface area contributed by atoms with Gasteiger partial charge in [0.1, 0.15) is 0 Å². The fourth-order valence-corrected chi connectivity index (χ4v) is 2.63. The predicted octanol–water partition coefficient (Wildman–Crippen LogP) is 3.66. The van der Waals surface area contributed by atoms with E-state index in [0.29, 0.717) is 6.04 Å². The lowest BCUT2D eigenvalue weighted by Gasteiger charge is -2.19. The zero-order valence-electron chi connectivity index (χ0n) is 12.6. The second-order valence-corrected chi connectivity index (χ2v) is 5.54. The van der Waals surface area contributed by atoms with E-state index in [0.717, 1.165) is 36.0 Å². The Morgan fingerprint density at radius 2 is 2.05 bits per heavy atom. The van der Waals surface area contributed by atoms with E-state index < -0.39 is 0 Å². The average molecular weight is 295 g/mol. The predicted molar refractivity (Wildman–Crippen MR) is 88.1 cm³/mol. The van der Waals surface area contributed by atoms with Gasteiger partial charge in [0.15, 0.2) is 11.5 Å². The topological polar surface area (TPSA) is 30.5 Å². The van der Waals surface area contributed by atoms with E-state index in [1.165, 1.54) is 5.56 Å². The van der Waals surface area contributed by atoms with Crippen molar-refractivity contribution in [3.63, 3.8) is 0 Å². The number of rotatable bonds is 10. The van der Waals surface area contributed by atoms with Crippen molar-refractivity contribution in [2.45, 2.75) is 19.4 Å². The van der Waals surface area contributed by atoms with E-state index in [9.17, 15) is 0 Å². The van der Waals surface area contributed by atoms with Gasteiger partial charge in [-0.25, -0.2) is 0 Å². The molecule has 0 aromatic heterocycles. The van der Waals surface area contributed by atoms with Crippen molar-refractivity contribution in [3.05, 3.63) is 36.4 Å². The first kappa shape index (κ1) is 16.9. The Morgan fingerprint density at radius 1 is 1.30 bits per heavy atom. The number of ether oxygens (including phenoxy) is 2. The highest BCUT2D eigenvalue weighted by Crippen LogP contribution is 2.30. The molecule has 1 atom stereocenters. The third-order valence-electron chi connectivity index (χ3n) is 3.09. The van der Waals surface area contributed by atoms with Crippen LogP contribution in [0.5, 0.6) is 11.5 Å². The zero-order chi connectivity index (χ0) is 14.8. The van der Waals surface area contributed by atoms with Crippen LogP contribution < -0.4 is 14.8 Å². The lowest BCUT2D eigenvalue weighted by atomic mass is 10.0. The highest BCUT2D eigenvalue weighted by atomic mass is 32.2. The summed E-state index contributed by atoms with van der Waals surface area (Å²) in [5.41, 5.74) is 1.24. The molecule has 0 aliphatic carbocycles. The molecule has 1 rings (SSSR count). The van der Waals surface area contributed by atoms with Gasteiger partial charge >= 0.3 is 0 Å². The van der Waals surface area contributed by atoms with Crippen molar-refractivity contribution in [2.75, 3.05) is 32.3 Å². The molecule has 0 heterocycles. The van der Waals surface area contributed by atoms with E-state index in [1.807, 2.05) is 23.9 Å². The van der Waals surface area contributed by atoms with Crippen LogP contribution in [0.4, 0.5) is 0 Å². The van der Waals surface area contributed by atoms with Crippen LogP contribution in [0.1, 0.15) is 24.9 Å². The Hall–Kier alpha value is -1.13. The molecular formula is C16H25NO2S. The summed E-state index contributed by atoms with van der Waals surface area (Å²) in [6, 6.07) is 6.46. The molecule has 0 aliphatic rings. The first-order valence-electron chi connectivity index (χ1n) is 6.90. The van der Waals surface area contributed by atoms with Crippen LogP contribution in [0.25, 0.3) is 0 Å². The maximum atomic E-state index is 5.36. The summed E-state index contributed by atoms with van der Waals surface area (Å²) in [5.74, 6) is 3.66. The summed E-state index contributed by atoms with van der Waals surface area (Å²) in [6.45, 7) is 6.90. The van der Waals surface area contributed by atoms with Gasteiger partial charge in [-0.15, -0.1) is 6.58 Å². The van der Waals surface area contributed by atoms with Gasteiger partial charge in [0, 0.05) is 24.1 Å². The molecule has 0 aliphatic heterocycles. The minimum Gasteiger partial charge on any atom is -0.493 e. The van der Waals surface area contributed by atoms with E-state index in [4.69, 9.17) is 9.47 Å². The molecule has 0 amide bonds. The lowest BCUT2D eigenvalue weighted by molar-refractivity contribution is 0.353. The molecule has 1 aromatic rings. The van der Waals surface area contributed by atoms with Crippen molar-refractivity contribution < 1.29 is 9.47 Å². The molecule has 112 valence electrons. The second kappa shape index (κ2) is 9.72. The molecule has 0 spiro atoms.